The van der Waals surface area contributed by atoms with Gasteiger partial charge in [-0.3, -0.25) is 0 Å². The first-order valence-electron chi connectivity index (χ1n) is 5.92. The zero-order valence-electron chi connectivity index (χ0n) is 10.6. The number of benzene rings is 1. The number of nitrogens with zero attached hydrogens (tertiary/aromatic N) is 3. The van der Waals surface area contributed by atoms with Crippen LogP contribution in [0, 0.1) is 0 Å². The van der Waals surface area contributed by atoms with Gasteiger partial charge in [0.05, 0.1) is 12.8 Å². The van der Waals surface area contributed by atoms with E-state index in [1.165, 1.54) is 13.2 Å². The van der Waals surface area contributed by atoms with Crippen LogP contribution in [-0.2, 0) is 0 Å². The highest BCUT2D eigenvalue weighted by molar-refractivity contribution is 5.95. The first kappa shape index (κ1) is 12.2. The van der Waals surface area contributed by atoms with Crippen LogP contribution in [0.5, 0.6) is 5.75 Å². The van der Waals surface area contributed by atoms with E-state index in [1.54, 1.807) is 23.0 Å². The molecule has 1 aromatic carbocycles. The minimum absolute atomic E-state index is 0.0200. The van der Waals surface area contributed by atoms with Crippen molar-refractivity contribution in [3.63, 3.8) is 0 Å². The van der Waals surface area contributed by atoms with Gasteiger partial charge >= 0.3 is 5.97 Å². The van der Waals surface area contributed by atoms with Crippen molar-refractivity contribution >= 4 is 16.9 Å². The van der Waals surface area contributed by atoms with Crippen molar-refractivity contribution in [1.29, 1.82) is 0 Å². The summed E-state index contributed by atoms with van der Waals surface area (Å²) in [6.07, 6.45) is 3.49. The van der Waals surface area contributed by atoms with E-state index in [-0.39, 0.29) is 5.69 Å². The number of rotatable bonds is 3. The second-order valence-electron chi connectivity index (χ2n) is 4.14. The van der Waals surface area contributed by atoms with Gasteiger partial charge in [0, 0.05) is 17.8 Å². The highest BCUT2D eigenvalue weighted by atomic mass is 16.5. The Hall–Kier alpha value is -2.89. The van der Waals surface area contributed by atoms with Crippen molar-refractivity contribution in [3.05, 3.63) is 48.4 Å². The number of aromatic nitrogens is 3. The standard InChI is InChI=1S/C14H11N3O3/c1-20-12-6-5-11(17-8-2-7-15-17)9-3-4-10(14(18)19)16-13(9)12/h2-8H,1H3,(H,18,19). The third-order valence-electron chi connectivity index (χ3n) is 2.99. The molecule has 100 valence electrons. The molecule has 0 unspecified atom stereocenters. The van der Waals surface area contributed by atoms with Crippen LogP contribution in [0.3, 0.4) is 0 Å². The van der Waals surface area contributed by atoms with Gasteiger partial charge in [0.2, 0.25) is 0 Å². The van der Waals surface area contributed by atoms with Crippen LogP contribution in [0.2, 0.25) is 0 Å². The molecule has 0 bridgehead atoms. The summed E-state index contributed by atoms with van der Waals surface area (Å²) in [4.78, 5) is 15.2. The molecule has 3 aromatic rings. The average Bonchev–Trinajstić information content (AvgIpc) is 2.99. The first-order valence-corrected chi connectivity index (χ1v) is 5.92. The summed E-state index contributed by atoms with van der Waals surface area (Å²) in [5.41, 5.74) is 1.30. The van der Waals surface area contributed by atoms with E-state index in [0.717, 1.165) is 11.1 Å². The molecule has 1 N–H and O–H groups in total. The minimum atomic E-state index is -1.07. The minimum Gasteiger partial charge on any atom is -0.494 e. The van der Waals surface area contributed by atoms with Gasteiger partial charge in [0.25, 0.3) is 0 Å². The van der Waals surface area contributed by atoms with Crippen molar-refractivity contribution in [2.75, 3.05) is 7.11 Å². The number of carbonyl (C=O) groups is 1. The number of pyridine rings is 1. The van der Waals surface area contributed by atoms with Gasteiger partial charge in [-0.05, 0) is 30.3 Å². The Kier molecular flexibility index (Phi) is 2.83. The van der Waals surface area contributed by atoms with Gasteiger partial charge in [-0.25, -0.2) is 14.5 Å². The SMILES string of the molecule is COc1ccc(-n2cccn2)c2ccc(C(=O)O)nc12. The Morgan fingerprint density at radius 1 is 1.30 bits per heavy atom. The van der Waals surface area contributed by atoms with E-state index in [1.807, 2.05) is 18.3 Å². The average molecular weight is 269 g/mol. The van der Waals surface area contributed by atoms with Gasteiger partial charge in [-0.1, -0.05) is 0 Å². The Labute approximate surface area is 114 Å². The molecule has 0 saturated carbocycles. The van der Waals surface area contributed by atoms with Crippen molar-refractivity contribution in [1.82, 2.24) is 14.8 Å². The Morgan fingerprint density at radius 2 is 2.15 bits per heavy atom. The monoisotopic (exact) mass is 269 g/mol. The predicted octanol–water partition coefficient (Wildman–Crippen LogP) is 2.13. The normalized spacial score (nSPS) is 10.7. The molecule has 0 atom stereocenters. The second kappa shape index (κ2) is 4.65. The summed E-state index contributed by atoms with van der Waals surface area (Å²) in [5, 5.41) is 14.0. The van der Waals surface area contributed by atoms with Crippen LogP contribution in [0.25, 0.3) is 16.6 Å². The number of carboxylic acids is 1. The third kappa shape index (κ3) is 1.87. The van der Waals surface area contributed by atoms with Crippen LogP contribution in [-0.4, -0.2) is 33.0 Å². The van der Waals surface area contributed by atoms with E-state index in [4.69, 9.17) is 9.84 Å². The molecule has 0 amide bonds. The molecule has 2 aromatic heterocycles. The van der Waals surface area contributed by atoms with Crippen LogP contribution in [0.4, 0.5) is 0 Å². The smallest absolute Gasteiger partial charge is 0.354 e. The second-order valence-corrected chi connectivity index (χ2v) is 4.14. The molecule has 0 spiro atoms. The van der Waals surface area contributed by atoms with E-state index in [2.05, 4.69) is 10.1 Å². The molecule has 0 aliphatic carbocycles. The molecule has 6 nitrogen and oxygen atoms in total. The molecular formula is C14H11N3O3. The number of aromatic carboxylic acids is 1. The van der Waals surface area contributed by atoms with Crippen molar-refractivity contribution < 1.29 is 14.6 Å². The molecule has 0 aliphatic rings. The van der Waals surface area contributed by atoms with Crippen molar-refractivity contribution in [2.45, 2.75) is 0 Å². The van der Waals surface area contributed by atoms with Crippen molar-refractivity contribution in [2.24, 2.45) is 0 Å². The molecule has 0 fully saturated rings. The molecule has 2 heterocycles. The maximum Gasteiger partial charge on any atom is 0.354 e. The molecule has 3 rings (SSSR count). The van der Waals surface area contributed by atoms with E-state index < -0.39 is 5.97 Å². The molecule has 0 aliphatic heterocycles. The number of hydrogen-bond acceptors (Lipinski definition) is 4. The summed E-state index contributed by atoms with van der Waals surface area (Å²) in [5.74, 6) is -0.544. The Morgan fingerprint density at radius 3 is 2.80 bits per heavy atom. The molecule has 6 heteroatoms. The van der Waals surface area contributed by atoms with Crippen LogP contribution >= 0.6 is 0 Å². The van der Waals surface area contributed by atoms with E-state index in [9.17, 15) is 4.79 Å². The molecule has 0 radical (unpaired) electrons. The largest absolute Gasteiger partial charge is 0.494 e. The fraction of sp³-hybridized carbons (Fsp3) is 0.0714. The lowest BCUT2D eigenvalue weighted by molar-refractivity contribution is 0.0691. The summed E-state index contributed by atoms with van der Waals surface area (Å²) < 4.78 is 6.95. The number of carboxylic acid groups (broad SMARTS) is 1. The highest BCUT2D eigenvalue weighted by Crippen LogP contribution is 2.29. The maximum atomic E-state index is 11.0. The fourth-order valence-corrected chi connectivity index (χ4v) is 2.07. The lowest BCUT2D eigenvalue weighted by Crippen LogP contribution is -2.03. The quantitative estimate of drug-likeness (QED) is 0.788. The van der Waals surface area contributed by atoms with E-state index >= 15 is 0 Å². The predicted molar refractivity (Wildman–Crippen MR) is 72.4 cm³/mol. The lowest BCUT2D eigenvalue weighted by atomic mass is 10.1. The fourth-order valence-electron chi connectivity index (χ4n) is 2.07. The Bertz CT molecular complexity index is 782. The lowest BCUT2D eigenvalue weighted by Gasteiger charge is -2.10. The number of fused-ring (bicyclic) bond motifs is 1. The number of ether oxygens (including phenoxy) is 1. The van der Waals surface area contributed by atoms with Gasteiger partial charge < -0.3 is 9.84 Å². The van der Waals surface area contributed by atoms with Gasteiger partial charge in [-0.15, -0.1) is 0 Å². The maximum absolute atomic E-state index is 11.0. The van der Waals surface area contributed by atoms with Crippen molar-refractivity contribution in [3.8, 4) is 11.4 Å². The Balaban J connectivity index is 2.32. The third-order valence-corrected chi connectivity index (χ3v) is 2.99. The summed E-state index contributed by atoms with van der Waals surface area (Å²) in [7, 11) is 1.53. The molecule has 20 heavy (non-hydrogen) atoms. The summed E-state index contributed by atoms with van der Waals surface area (Å²) in [6.45, 7) is 0. The summed E-state index contributed by atoms with van der Waals surface area (Å²) >= 11 is 0. The number of methoxy groups -OCH3 is 1. The number of hydrogen-bond donors (Lipinski definition) is 1. The van der Waals surface area contributed by atoms with Gasteiger partial charge in [0.15, 0.2) is 0 Å². The van der Waals surface area contributed by atoms with E-state index in [0.29, 0.717) is 11.3 Å². The zero-order chi connectivity index (χ0) is 14.1. The van der Waals surface area contributed by atoms with Gasteiger partial charge in [0.1, 0.15) is 17.0 Å². The molecular weight excluding hydrogens is 258 g/mol. The first-order chi connectivity index (χ1) is 9.70. The molecule has 0 saturated heterocycles. The van der Waals surface area contributed by atoms with Gasteiger partial charge in [-0.2, -0.15) is 5.10 Å². The topological polar surface area (TPSA) is 77.2 Å². The van der Waals surface area contributed by atoms with Crippen LogP contribution in [0.15, 0.2) is 42.7 Å². The van der Waals surface area contributed by atoms with Crippen LogP contribution < -0.4 is 4.74 Å². The summed E-state index contributed by atoms with van der Waals surface area (Å²) in [6, 6.07) is 8.60. The van der Waals surface area contributed by atoms with Crippen LogP contribution in [0.1, 0.15) is 10.5 Å². The highest BCUT2D eigenvalue weighted by Gasteiger charge is 2.13. The zero-order valence-corrected chi connectivity index (χ0v) is 10.6.